The number of carbonyl (C=O) groups is 1. The Morgan fingerprint density at radius 1 is 1.53 bits per heavy atom. The molecule has 0 saturated carbocycles. The van der Waals surface area contributed by atoms with Crippen LogP contribution in [0.25, 0.3) is 0 Å². The molecule has 0 aromatic heterocycles. The molecule has 3 nitrogen and oxygen atoms in total. The molecule has 0 aliphatic carbocycles. The van der Waals surface area contributed by atoms with Crippen molar-refractivity contribution in [3.8, 4) is 0 Å². The molecule has 0 aromatic rings. The first-order valence-corrected chi connectivity index (χ1v) is 6.11. The van der Waals surface area contributed by atoms with Gasteiger partial charge in [-0.3, -0.25) is 4.79 Å². The van der Waals surface area contributed by atoms with Crippen molar-refractivity contribution in [2.24, 2.45) is 17.6 Å². The third-order valence-electron chi connectivity index (χ3n) is 3.15. The van der Waals surface area contributed by atoms with Gasteiger partial charge in [-0.25, -0.2) is 0 Å². The Balaban J connectivity index is 2.24. The number of nitrogens with two attached hydrogens (primary N) is 1. The average molecular weight is 212 g/mol. The van der Waals surface area contributed by atoms with E-state index in [0.29, 0.717) is 24.2 Å². The molecule has 1 atom stereocenters. The Kier molecular flexibility index (Phi) is 5.09. The summed E-state index contributed by atoms with van der Waals surface area (Å²) in [4.78, 5) is 13.8. The lowest BCUT2D eigenvalue weighted by atomic mass is 10.1. The Hall–Kier alpha value is -0.570. The largest absolute Gasteiger partial charge is 0.342 e. The van der Waals surface area contributed by atoms with Gasteiger partial charge in [-0.1, -0.05) is 13.8 Å². The molecule has 0 bridgehead atoms. The van der Waals surface area contributed by atoms with E-state index < -0.39 is 0 Å². The maximum Gasteiger partial charge on any atom is 0.222 e. The predicted molar refractivity (Wildman–Crippen MR) is 62.4 cm³/mol. The summed E-state index contributed by atoms with van der Waals surface area (Å²) in [5.74, 6) is 1.61. The maximum atomic E-state index is 11.8. The number of nitrogens with zero attached hydrogens (tertiary/aromatic N) is 1. The molecule has 88 valence electrons. The Bertz CT molecular complexity index is 204. The molecule has 1 saturated heterocycles. The van der Waals surface area contributed by atoms with E-state index >= 15 is 0 Å². The van der Waals surface area contributed by atoms with Gasteiger partial charge >= 0.3 is 0 Å². The second-order valence-electron chi connectivity index (χ2n) is 5.00. The molecule has 1 aliphatic heterocycles. The number of hydrogen-bond donors (Lipinski definition) is 1. The van der Waals surface area contributed by atoms with Crippen LogP contribution in [0.2, 0.25) is 0 Å². The molecular weight excluding hydrogens is 188 g/mol. The number of carbonyl (C=O) groups excluding carboxylic acids is 1. The molecule has 1 amide bonds. The molecule has 0 spiro atoms. The molecule has 15 heavy (non-hydrogen) atoms. The summed E-state index contributed by atoms with van der Waals surface area (Å²) >= 11 is 0. The van der Waals surface area contributed by atoms with Crippen LogP contribution in [0.4, 0.5) is 0 Å². The fourth-order valence-corrected chi connectivity index (χ4v) is 2.10. The molecule has 0 radical (unpaired) electrons. The highest BCUT2D eigenvalue weighted by molar-refractivity contribution is 5.76. The first-order valence-electron chi connectivity index (χ1n) is 6.11. The third-order valence-corrected chi connectivity index (χ3v) is 3.15. The van der Waals surface area contributed by atoms with Crippen LogP contribution in [-0.2, 0) is 4.79 Å². The fourth-order valence-electron chi connectivity index (χ4n) is 2.10. The van der Waals surface area contributed by atoms with Crippen LogP contribution in [0, 0.1) is 11.8 Å². The molecule has 2 N–H and O–H groups in total. The van der Waals surface area contributed by atoms with Crippen LogP contribution >= 0.6 is 0 Å². The van der Waals surface area contributed by atoms with Crippen LogP contribution in [0.15, 0.2) is 0 Å². The van der Waals surface area contributed by atoms with Crippen LogP contribution in [0.1, 0.15) is 39.5 Å². The summed E-state index contributed by atoms with van der Waals surface area (Å²) in [5, 5.41) is 0. The van der Waals surface area contributed by atoms with Crippen molar-refractivity contribution in [2.75, 3.05) is 19.6 Å². The Morgan fingerprint density at radius 3 is 2.87 bits per heavy atom. The van der Waals surface area contributed by atoms with Gasteiger partial charge in [0.2, 0.25) is 5.91 Å². The lowest BCUT2D eigenvalue weighted by Crippen LogP contribution is -2.29. The second-order valence-corrected chi connectivity index (χ2v) is 5.00. The first kappa shape index (κ1) is 12.5. The van der Waals surface area contributed by atoms with Gasteiger partial charge in [0.05, 0.1) is 0 Å². The van der Waals surface area contributed by atoms with Crippen molar-refractivity contribution >= 4 is 5.91 Å². The quantitative estimate of drug-likeness (QED) is 0.752. The van der Waals surface area contributed by atoms with Crippen molar-refractivity contribution < 1.29 is 4.79 Å². The minimum absolute atomic E-state index is 0.336. The lowest BCUT2D eigenvalue weighted by Gasteiger charge is -2.17. The van der Waals surface area contributed by atoms with Crippen LogP contribution in [0.3, 0.4) is 0 Å². The fraction of sp³-hybridized carbons (Fsp3) is 0.917. The third kappa shape index (κ3) is 4.20. The summed E-state index contributed by atoms with van der Waals surface area (Å²) in [6.45, 7) is 6.96. The highest BCUT2D eigenvalue weighted by Gasteiger charge is 2.25. The number of likely N-dealkylation sites (tertiary alicyclic amines) is 1. The smallest absolute Gasteiger partial charge is 0.222 e. The van der Waals surface area contributed by atoms with Crippen LogP contribution in [0.5, 0.6) is 0 Å². The number of amides is 1. The minimum Gasteiger partial charge on any atom is -0.342 e. The van der Waals surface area contributed by atoms with Gasteiger partial charge in [-0.2, -0.15) is 0 Å². The van der Waals surface area contributed by atoms with Crippen molar-refractivity contribution in [2.45, 2.75) is 39.5 Å². The first-order chi connectivity index (χ1) is 7.13. The van der Waals surface area contributed by atoms with Gasteiger partial charge in [0.1, 0.15) is 0 Å². The normalized spacial score (nSPS) is 21.3. The van der Waals surface area contributed by atoms with E-state index in [1.54, 1.807) is 0 Å². The highest BCUT2D eigenvalue weighted by atomic mass is 16.2. The van der Waals surface area contributed by atoms with E-state index in [0.717, 1.165) is 38.9 Å². The zero-order valence-corrected chi connectivity index (χ0v) is 10.0. The van der Waals surface area contributed by atoms with Gasteiger partial charge in [0.25, 0.3) is 0 Å². The summed E-state index contributed by atoms with van der Waals surface area (Å²) in [6.07, 6.45) is 3.93. The van der Waals surface area contributed by atoms with Crippen molar-refractivity contribution in [3.63, 3.8) is 0 Å². The standard InChI is InChI=1S/C12H24N2O/c1-10(2)3-4-12(15)14-8-6-11(9-14)5-7-13/h10-11H,3-9,13H2,1-2H3. The summed E-state index contributed by atoms with van der Waals surface area (Å²) in [7, 11) is 0. The maximum absolute atomic E-state index is 11.8. The van der Waals surface area contributed by atoms with Gasteiger partial charge < -0.3 is 10.6 Å². The molecular formula is C12H24N2O. The van der Waals surface area contributed by atoms with E-state index in [1.165, 1.54) is 0 Å². The minimum atomic E-state index is 0.336. The SMILES string of the molecule is CC(C)CCC(=O)N1CCC(CCN)C1. The topological polar surface area (TPSA) is 46.3 Å². The van der Waals surface area contributed by atoms with Crippen LogP contribution in [-0.4, -0.2) is 30.4 Å². The van der Waals surface area contributed by atoms with Crippen molar-refractivity contribution in [1.82, 2.24) is 4.90 Å². The summed E-state index contributed by atoms with van der Waals surface area (Å²) in [6, 6.07) is 0. The number of rotatable bonds is 5. The van der Waals surface area contributed by atoms with E-state index in [4.69, 9.17) is 5.73 Å². The van der Waals surface area contributed by atoms with Gasteiger partial charge in [0.15, 0.2) is 0 Å². The zero-order valence-electron chi connectivity index (χ0n) is 10.0. The molecule has 1 fully saturated rings. The Labute approximate surface area is 93.0 Å². The van der Waals surface area contributed by atoms with Crippen LogP contribution < -0.4 is 5.73 Å². The Morgan fingerprint density at radius 2 is 2.27 bits per heavy atom. The van der Waals surface area contributed by atoms with E-state index in [2.05, 4.69) is 13.8 Å². The molecule has 1 heterocycles. The van der Waals surface area contributed by atoms with Gasteiger partial charge in [0, 0.05) is 19.5 Å². The predicted octanol–water partition coefficient (Wildman–Crippen LogP) is 1.62. The van der Waals surface area contributed by atoms with Crippen molar-refractivity contribution in [3.05, 3.63) is 0 Å². The lowest BCUT2D eigenvalue weighted by molar-refractivity contribution is -0.130. The molecule has 1 unspecified atom stereocenters. The van der Waals surface area contributed by atoms with Gasteiger partial charge in [-0.05, 0) is 37.6 Å². The zero-order chi connectivity index (χ0) is 11.3. The summed E-state index contributed by atoms with van der Waals surface area (Å²) < 4.78 is 0. The van der Waals surface area contributed by atoms with Crippen molar-refractivity contribution in [1.29, 1.82) is 0 Å². The van der Waals surface area contributed by atoms with E-state index in [1.807, 2.05) is 4.90 Å². The second kappa shape index (κ2) is 6.11. The molecule has 1 rings (SSSR count). The number of hydrogen-bond acceptors (Lipinski definition) is 2. The van der Waals surface area contributed by atoms with E-state index in [9.17, 15) is 4.79 Å². The molecule has 3 heteroatoms. The monoisotopic (exact) mass is 212 g/mol. The average Bonchev–Trinajstić information content (AvgIpc) is 2.63. The summed E-state index contributed by atoms with van der Waals surface area (Å²) in [5.41, 5.74) is 5.52. The molecule has 1 aliphatic rings. The van der Waals surface area contributed by atoms with Gasteiger partial charge in [-0.15, -0.1) is 0 Å². The highest BCUT2D eigenvalue weighted by Crippen LogP contribution is 2.20. The van der Waals surface area contributed by atoms with E-state index in [-0.39, 0.29) is 0 Å². The molecule has 0 aromatic carbocycles.